The first-order chi connectivity index (χ1) is 10.5. The SMILES string of the molecule is Cc1nc(C2CC23CCN(S(=O)(=O)c2cccs2)CC3)no1. The fourth-order valence-corrected chi connectivity index (χ4v) is 6.02. The standard InChI is InChI=1S/C14H17N3O3S2/c1-10-15-13(16-20-10)11-9-14(11)4-6-17(7-5-14)22(18,19)12-3-2-8-21-12/h2-3,8,11H,4-7,9H2,1H3. The zero-order valence-corrected chi connectivity index (χ0v) is 13.9. The Bertz CT molecular complexity index is 774. The van der Waals surface area contributed by atoms with Gasteiger partial charge < -0.3 is 4.52 Å². The molecule has 22 heavy (non-hydrogen) atoms. The van der Waals surface area contributed by atoms with Crippen molar-refractivity contribution in [2.75, 3.05) is 13.1 Å². The van der Waals surface area contributed by atoms with Gasteiger partial charge in [0.15, 0.2) is 5.82 Å². The molecule has 0 bridgehead atoms. The molecule has 1 aliphatic heterocycles. The van der Waals surface area contributed by atoms with E-state index in [4.69, 9.17) is 4.52 Å². The highest BCUT2D eigenvalue weighted by Crippen LogP contribution is 2.64. The first-order valence-electron chi connectivity index (χ1n) is 7.35. The van der Waals surface area contributed by atoms with Crippen LogP contribution in [-0.4, -0.2) is 36.0 Å². The van der Waals surface area contributed by atoms with E-state index in [0.717, 1.165) is 25.1 Å². The molecule has 1 spiro atoms. The van der Waals surface area contributed by atoms with E-state index in [9.17, 15) is 8.42 Å². The zero-order valence-electron chi connectivity index (χ0n) is 12.2. The van der Waals surface area contributed by atoms with Gasteiger partial charge in [-0.1, -0.05) is 11.2 Å². The molecule has 2 fully saturated rings. The van der Waals surface area contributed by atoms with Crippen LogP contribution in [0.25, 0.3) is 0 Å². The molecule has 0 amide bonds. The third-order valence-corrected chi connectivity index (χ3v) is 8.12. The lowest BCUT2D eigenvalue weighted by Crippen LogP contribution is -2.39. The Balaban J connectivity index is 1.46. The maximum absolute atomic E-state index is 12.5. The number of hydrogen-bond acceptors (Lipinski definition) is 6. The minimum Gasteiger partial charge on any atom is -0.340 e. The van der Waals surface area contributed by atoms with Crippen molar-refractivity contribution in [3.8, 4) is 0 Å². The number of sulfonamides is 1. The molecular weight excluding hydrogens is 322 g/mol. The molecule has 0 aromatic carbocycles. The Labute approximate surface area is 133 Å². The summed E-state index contributed by atoms with van der Waals surface area (Å²) in [4.78, 5) is 4.32. The van der Waals surface area contributed by atoms with Crippen LogP contribution in [0.2, 0.25) is 0 Å². The van der Waals surface area contributed by atoms with Crippen molar-refractivity contribution >= 4 is 21.4 Å². The quantitative estimate of drug-likeness (QED) is 0.858. The highest BCUT2D eigenvalue weighted by Gasteiger charge is 2.58. The van der Waals surface area contributed by atoms with Gasteiger partial charge in [-0.05, 0) is 36.1 Å². The Morgan fingerprint density at radius 1 is 1.41 bits per heavy atom. The molecule has 0 N–H and O–H groups in total. The van der Waals surface area contributed by atoms with Crippen LogP contribution < -0.4 is 0 Å². The second-order valence-electron chi connectivity index (χ2n) is 6.13. The molecule has 0 radical (unpaired) electrons. The van der Waals surface area contributed by atoms with E-state index in [1.807, 2.05) is 0 Å². The summed E-state index contributed by atoms with van der Waals surface area (Å²) >= 11 is 1.28. The molecule has 1 atom stereocenters. The van der Waals surface area contributed by atoms with Gasteiger partial charge in [0.25, 0.3) is 10.0 Å². The third kappa shape index (κ3) is 2.21. The molecule has 8 heteroatoms. The number of piperidine rings is 1. The molecule has 3 heterocycles. The maximum atomic E-state index is 12.5. The summed E-state index contributed by atoms with van der Waals surface area (Å²) < 4.78 is 32.2. The van der Waals surface area contributed by atoms with Crippen LogP contribution in [0.15, 0.2) is 26.2 Å². The lowest BCUT2D eigenvalue weighted by atomic mass is 9.92. The van der Waals surface area contributed by atoms with E-state index in [-0.39, 0.29) is 5.41 Å². The predicted molar refractivity (Wildman–Crippen MR) is 81.1 cm³/mol. The fourth-order valence-electron chi connectivity index (χ4n) is 3.43. The number of aromatic nitrogens is 2. The van der Waals surface area contributed by atoms with E-state index in [0.29, 0.717) is 29.1 Å². The van der Waals surface area contributed by atoms with Crippen LogP contribution in [0.5, 0.6) is 0 Å². The Morgan fingerprint density at radius 2 is 2.18 bits per heavy atom. The lowest BCUT2D eigenvalue weighted by Gasteiger charge is -2.31. The number of rotatable bonds is 3. The van der Waals surface area contributed by atoms with Crippen LogP contribution in [0, 0.1) is 12.3 Å². The Hall–Kier alpha value is -1.25. The van der Waals surface area contributed by atoms with Crippen molar-refractivity contribution in [1.29, 1.82) is 0 Å². The second-order valence-corrected chi connectivity index (χ2v) is 9.24. The molecule has 118 valence electrons. The van der Waals surface area contributed by atoms with Crippen molar-refractivity contribution in [3.63, 3.8) is 0 Å². The van der Waals surface area contributed by atoms with Crippen LogP contribution in [-0.2, 0) is 10.0 Å². The number of thiophene rings is 1. The second kappa shape index (κ2) is 4.87. The largest absolute Gasteiger partial charge is 0.340 e. The van der Waals surface area contributed by atoms with Crippen LogP contribution in [0.3, 0.4) is 0 Å². The summed E-state index contributed by atoms with van der Waals surface area (Å²) in [5.41, 5.74) is 0.178. The predicted octanol–water partition coefficient (Wildman–Crippen LogP) is 2.40. The summed E-state index contributed by atoms with van der Waals surface area (Å²) in [5, 5.41) is 5.82. The molecule has 2 aliphatic rings. The average molecular weight is 339 g/mol. The molecule has 4 rings (SSSR count). The molecule has 1 saturated carbocycles. The molecule has 1 aliphatic carbocycles. The van der Waals surface area contributed by atoms with Crippen molar-refractivity contribution in [2.24, 2.45) is 5.41 Å². The number of nitrogens with zero attached hydrogens (tertiary/aromatic N) is 3. The highest BCUT2D eigenvalue weighted by molar-refractivity contribution is 7.91. The first-order valence-corrected chi connectivity index (χ1v) is 9.67. The summed E-state index contributed by atoms with van der Waals surface area (Å²) in [6.07, 6.45) is 2.78. The molecular formula is C14H17N3O3S2. The van der Waals surface area contributed by atoms with Crippen LogP contribution in [0.1, 0.15) is 36.9 Å². The van der Waals surface area contributed by atoms with E-state index < -0.39 is 10.0 Å². The summed E-state index contributed by atoms with van der Waals surface area (Å²) in [7, 11) is -3.32. The Kier molecular flexibility index (Phi) is 3.18. The van der Waals surface area contributed by atoms with Gasteiger partial charge in [0.2, 0.25) is 5.89 Å². The van der Waals surface area contributed by atoms with E-state index in [2.05, 4.69) is 10.1 Å². The van der Waals surface area contributed by atoms with Crippen molar-refractivity contribution in [1.82, 2.24) is 14.4 Å². The molecule has 2 aromatic rings. The third-order valence-electron chi connectivity index (χ3n) is 4.85. The topological polar surface area (TPSA) is 76.3 Å². The smallest absolute Gasteiger partial charge is 0.252 e. The van der Waals surface area contributed by atoms with Gasteiger partial charge in [-0.15, -0.1) is 11.3 Å². The summed E-state index contributed by atoms with van der Waals surface area (Å²) in [6.45, 7) is 2.95. The van der Waals surface area contributed by atoms with Crippen LogP contribution in [0.4, 0.5) is 0 Å². The minimum absolute atomic E-state index is 0.178. The van der Waals surface area contributed by atoms with Crippen molar-refractivity contribution < 1.29 is 12.9 Å². The highest BCUT2D eigenvalue weighted by atomic mass is 32.2. The summed E-state index contributed by atoms with van der Waals surface area (Å²) in [6, 6.07) is 3.45. The van der Waals surface area contributed by atoms with Crippen molar-refractivity contribution in [3.05, 3.63) is 29.2 Å². The molecule has 6 nitrogen and oxygen atoms in total. The maximum Gasteiger partial charge on any atom is 0.252 e. The van der Waals surface area contributed by atoms with Crippen LogP contribution >= 0.6 is 11.3 Å². The van der Waals surface area contributed by atoms with Gasteiger partial charge >= 0.3 is 0 Å². The van der Waals surface area contributed by atoms with Gasteiger partial charge in [0.1, 0.15) is 4.21 Å². The first kappa shape index (κ1) is 14.3. The fraction of sp³-hybridized carbons (Fsp3) is 0.571. The Morgan fingerprint density at radius 3 is 2.77 bits per heavy atom. The van der Waals surface area contributed by atoms with E-state index in [1.54, 1.807) is 28.7 Å². The van der Waals surface area contributed by atoms with Gasteiger partial charge in [-0.3, -0.25) is 0 Å². The minimum atomic E-state index is -3.32. The number of hydrogen-bond donors (Lipinski definition) is 0. The van der Waals surface area contributed by atoms with Gasteiger partial charge in [-0.2, -0.15) is 9.29 Å². The summed E-state index contributed by atoms with van der Waals surface area (Å²) in [5.74, 6) is 1.71. The molecule has 1 saturated heterocycles. The molecule has 2 aromatic heterocycles. The van der Waals surface area contributed by atoms with E-state index >= 15 is 0 Å². The van der Waals surface area contributed by atoms with E-state index in [1.165, 1.54) is 11.3 Å². The lowest BCUT2D eigenvalue weighted by molar-refractivity contribution is 0.249. The van der Waals surface area contributed by atoms with Gasteiger partial charge in [0.05, 0.1) is 0 Å². The average Bonchev–Trinajstić information content (AvgIpc) is 2.92. The number of aryl methyl sites for hydroxylation is 1. The normalized spacial score (nSPS) is 24.7. The molecule has 1 unspecified atom stereocenters. The van der Waals surface area contributed by atoms with Gasteiger partial charge in [0, 0.05) is 25.9 Å². The van der Waals surface area contributed by atoms with Gasteiger partial charge in [-0.25, -0.2) is 8.42 Å². The van der Waals surface area contributed by atoms with Crippen molar-refractivity contribution in [2.45, 2.75) is 36.3 Å². The monoisotopic (exact) mass is 339 g/mol. The zero-order chi connectivity index (χ0) is 15.4.